The lowest BCUT2D eigenvalue weighted by molar-refractivity contribution is 0.0992. The summed E-state index contributed by atoms with van der Waals surface area (Å²) < 4.78 is 23.9. The molecule has 1 aliphatic rings. The van der Waals surface area contributed by atoms with E-state index in [1.807, 2.05) is 0 Å². The third-order valence-corrected chi connectivity index (χ3v) is 8.60. The lowest BCUT2D eigenvalue weighted by Crippen LogP contribution is -2.29. The standard InChI is InChI=1S/C24H30O3S/c1-16-6-12-22-17(2)20(11-13-21(16)22)14-23(25)19-9-7-18(8-10-19)15-28(26,27)24(3,4)5/h7-11,13,16H,6,12,14-15H2,1-5H3. The maximum atomic E-state index is 12.8. The van der Waals surface area contributed by atoms with Crippen molar-refractivity contribution >= 4 is 15.6 Å². The molecule has 1 atom stereocenters. The maximum absolute atomic E-state index is 12.8. The minimum absolute atomic E-state index is 0.00686. The lowest BCUT2D eigenvalue weighted by Gasteiger charge is -2.19. The zero-order valence-corrected chi connectivity index (χ0v) is 18.3. The largest absolute Gasteiger partial charge is 0.294 e. The van der Waals surface area contributed by atoms with Crippen LogP contribution < -0.4 is 0 Å². The molecule has 3 rings (SSSR count). The summed E-state index contributed by atoms with van der Waals surface area (Å²) in [6.07, 6.45) is 2.67. The van der Waals surface area contributed by atoms with Crippen molar-refractivity contribution < 1.29 is 13.2 Å². The first-order chi connectivity index (χ1) is 13.0. The Morgan fingerprint density at radius 2 is 1.71 bits per heavy atom. The molecule has 3 nitrogen and oxygen atoms in total. The fraction of sp³-hybridized carbons (Fsp3) is 0.458. The number of carbonyl (C=O) groups excluding carboxylic acids is 1. The Morgan fingerprint density at radius 1 is 1.07 bits per heavy atom. The monoisotopic (exact) mass is 398 g/mol. The number of sulfone groups is 1. The Hall–Kier alpha value is -1.94. The lowest BCUT2D eigenvalue weighted by atomic mass is 9.92. The van der Waals surface area contributed by atoms with Crippen molar-refractivity contribution in [2.45, 2.75) is 70.3 Å². The third-order valence-electron chi connectivity index (χ3n) is 6.02. The summed E-state index contributed by atoms with van der Waals surface area (Å²) in [5.74, 6) is 0.669. The molecule has 2 aromatic rings. The molecule has 0 spiro atoms. The van der Waals surface area contributed by atoms with Gasteiger partial charge in [-0.2, -0.15) is 0 Å². The maximum Gasteiger partial charge on any atom is 0.167 e. The van der Waals surface area contributed by atoms with Crippen LogP contribution in [0.2, 0.25) is 0 Å². The SMILES string of the molecule is Cc1c(CC(=O)c2ccc(CS(=O)(=O)C(C)(C)C)cc2)ccc2c1CCC2C. The Labute approximate surface area is 169 Å². The molecular weight excluding hydrogens is 368 g/mol. The molecule has 0 radical (unpaired) electrons. The molecule has 0 aromatic heterocycles. The van der Waals surface area contributed by atoms with Gasteiger partial charge in [-0.25, -0.2) is 8.42 Å². The number of ketones is 1. The number of Topliss-reactive ketones (excluding diaryl/α,β-unsaturated/α-hetero) is 1. The highest BCUT2D eigenvalue weighted by atomic mass is 32.2. The Morgan fingerprint density at radius 3 is 2.32 bits per heavy atom. The van der Waals surface area contributed by atoms with Crippen molar-refractivity contribution in [3.63, 3.8) is 0 Å². The van der Waals surface area contributed by atoms with Gasteiger partial charge >= 0.3 is 0 Å². The van der Waals surface area contributed by atoms with Gasteiger partial charge in [-0.1, -0.05) is 43.3 Å². The summed E-state index contributed by atoms with van der Waals surface area (Å²) in [5, 5.41) is 0. The molecule has 0 saturated heterocycles. The van der Waals surface area contributed by atoms with Crippen molar-refractivity contribution in [3.05, 3.63) is 69.8 Å². The first kappa shape index (κ1) is 20.8. The van der Waals surface area contributed by atoms with Crippen LogP contribution in [0.4, 0.5) is 0 Å². The highest BCUT2D eigenvalue weighted by Gasteiger charge is 2.29. The zero-order valence-electron chi connectivity index (χ0n) is 17.5. The van der Waals surface area contributed by atoms with E-state index in [1.165, 1.54) is 23.1 Å². The van der Waals surface area contributed by atoms with Gasteiger partial charge < -0.3 is 0 Å². The second-order valence-corrected chi connectivity index (χ2v) is 11.8. The van der Waals surface area contributed by atoms with Crippen molar-refractivity contribution in [1.82, 2.24) is 0 Å². The van der Waals surface area contributed by atoms with E-state index in [0.29, 0.717) is 23.5 Å². The Balaban J connectivity index is 1.74. The smallest absolute Gasteiger partial charge is 0.167 e. The van der Waals surface area contributed by atoms with Gasteiger partial charge in [-0.15, -0.1) is 0 Å². The molecule has 0 N–H and O–H groups in total. The molecule has 0 aliphatic heterocycles. The summed E-state index contributed by atoms with van der Waals surface area (Å²) in [7, 11) is -3.23. The topological polar surface area (TPSA) is 51.2 Å². The van der Waals surface area contributed by atoms with E-state index in [0.717, 1.165) is 12.0 Å². The predicted octanol–water partition coefficient (Wildman–Crippen LogP) is 5.18. The average molecular weight is 399 g/mol. The van der Waals surface area contributed by atoms with E-state index in [4.69, 9.17) is 0 Å². The molecule has 2 aromatic carbocycles. The van der Waals surface area contributed by atoms with Crippen LogP contribution in [-0.2, 0) is 28.4 Å². The van der Waals surface area contributed by atoms with Crippen LogP contribution in [0.25, 0.3) is 0 Å². The van der Waals surface area contributed by atoms with Crippen molar-refractivity contribution in [2.24, 2.45) is 0 Å². The second-order valence-electron chi connectivity index (χ2n) is 9.03. The van der Waals surface area contributed by atoms with Gasteiger partial charge in [0.05, 0.1) is 10.5 Å². The second kappa shape index (κ2) is 7.47. The summed E-state index contributed by atoms with van der Waals surface area (Å²) in [5.41, 5.74) is 6.54. The molecule has 0 heterocycles. The van der Waals surface area contributed by atoms with Gasteiger partial charge in [0, 0.05) is 12.0 Å². The molecule has 1 aliphatic carbocycles. The van der Waals surface area contributed by atoms with Crippen LogP contribution >= 0.6 is 0 Å². The van der Waals surface area contributed by atoms with Crippen LogP contribution in [0, 0.1) is 6.92 Å². The van der Waals surface area contributed by atoms with Gasteiger partial charge in [0.1, 0.15) is 0 Å². The van der Waals surface area contributed by atoms with E-state index in [2.05, 4.69) is 26.0 Å². The predicted molar refractivity (Wildman–Crippen MR) is 115 cm³/mol. The van der Waals surface area contributed by atoms with E-state index >= 15 is 0 Å². The van der Waals surface area contributed by atoms with Gasteiger partial charge in [0.15, 0.2) is 15.6 Å². The molecule has 0 fully saturated rings. The number of fused-ring (bicyclic) bond motifs is 1. The summed E-state index contributed by atoms with van der Waals surface area (Å²) in [6.45, 7) is 9.51. The summed E-state index contributed by atoms with van der Waals surface area (Å²) in [4.78, 5) is 12.8. The van der Waals surface area contributed by atoms with Gasteiger partial charge in [0.2, 0.25) is 0 Å². The summed E-state index contributed by atoms with van der Waals surface area (Å²) >= 11 is 0. The van der Waals surface area contributed by atoms with E-state index in [-0.39, 0.29) is 11.5 Å². The van der Waals surface area contributed by atoms with Crippen molar-refractivity contribution in [3.8, 4) is 0 Å². The number of rotatable bonds is 5. The molecule has 28 heavy (non-hydrogen) atoms. The molecule has 0 amide bonds. The molecule has 0 bridgehead atoms. The molecular formula is C24H30O3S. The number of carbonyl (C=O) groups is 1. The number of hydrogen-bond donors (Lipinski definition) is 0. The average Bonchev–Trinajstić information content (AvgIpc) is 2.98. The van der Waals surface area contributed by atoms with Crippen molar-refractivity contribution in [2.75, 3.05) is 0 Å². The summed E-state index contributed by atoms with van der Waals surface area (Å²) in [6, 6.07) is 11.3. The van der Waals surface area contributed by atoms with Crippen LogP contribution in [-0.4, -0.2) is 18.9 Å². The molecule has 4 heteroatoms. The number of benzene rings is 2. The van der Waals surface area contributed by atoms with Crippen LogP contribution in [0.5, 0.6) is 0 Å². The third kappa shape index (κ3) is 4.07. The molecule has 1 unspecified atom stereocenters. The normalized spacial score (nSPS) is 16.8. The molecule has 150 valence electrons. The first-order valence-electron chi connectivity index (χ1n) is 9.95. The van der Waals surface area contributed by atoms with Crippen LogP contribution in [0.3, 0.4) is 0 Å². The quantitative estimate of drug-likeness (QED) is 0.652. The zero-order chi connectivity index (χ0) is 20.7. The Bertz CT molecular complexity index is 993. The van der Waals surface area contributed by atoms with Crippen LogP contribution in [0.1, 0.15) is 78.2 Å². The van der Waals surface area contributed by atoms with Gasteiger partial charge in [-0.3, -0.25) is 4.79 Å². The fourth-order valence-electron chi connectivity index (χ4n) is 3.83. The first-order valence-corrected chi connectivity index (χ1v) is 11.6. The minimum atomic E-state index is -3.23. The van der Waals surface area contributed by atoms with Crippen LogP contribution in [0.15, 0.2) is 36.4 Å². The van der Waals surface area contributed by atoms with Gasteiger partial charge in [0.25, 0.3) is 0 Å². The minimum Gasteiger partial charge on any atom is -0.294 e. The van der Waals surface area contributed by atoms with E-state index in [1.54, 1.807) is 45.0 Å². The van der Waals surface area contributed by atoms with E-state index < -0.39 is 14.6 Å². The van der Waals surface area contributed by atoms with E-state index in [9.17, 15) is 13.2 Å². The highest BCUT2D eigenvalue weighted by Crippen LogP contribution is 2.36. The fourth-order valence-corrected chi connectivity index (χ4v) is 4.89. The molecule has 0 saturated carbocycles. The van der Waals surface area contributed by atoms with Crippen molar-refractivity contribution in [1.29, 1.82) is 0 Å². The van der Waals surface area contributed by atoms with Gasteiger partial charge in [-0.05, 0) is 74.3 Å². The highest BCUT2D eigenvalue weighted by molar-refractivity contribution is 7.91. The number of hydrogen-bond acceptors (Lipinski definition) is 3. The Kier molecular flexibility index (Phi) is 5.55.